The lowest BCUT2D eigenvalue weighted by Gasteiger charge is -2.17. The Morgan fingerprint density at radius 3 is 1.23 bits per heavy atom. The number of nitrogens with two attached hydrogens (primary N) is 1. The molecule has 6 rings (SSSR count). The first-order valence-corrected chi connectivity index (χ1v) is 27.2. The van der Waals surface area contributed by atoms with Gasteiger partial charge in [-0.1, -0.05) is 34.8 Å². The van der Waals surface area contributed by atoms with E-state index in [-0.39, 0.29) is 57.9 Å². The zero-order valence-electron chi connectivity index (χ0n) is 36.1. The lowest BCUT2D eigenvalue weighted by Crippen LogP contribution is -2.35. The molecule has 0 aliphatic rings. The number of aromatic nitrogens is 6. The lowest BCUT2D eigenvalue weighted by atomic mass is 10.2. The summed E-state index contributed by atoms with van der Waals surface area (Å²) in [5.74, 6) is -1.27. The second-order valence-corrected chi connectivity index (χ2v) is 23.3. The van der Waals surface area contributed by atoms with Crippen molar-refractivity contribution in [3.05, 3.63) is 81.8 Å². The van der Waals surface area contributed by atoms with Crippen molar-refractivity contribution < 1.29 is 74.8 Å². The molecule has 6 aromatic rings. The Bertz CT molecular complexity index is 3470. The van der Waals surface area contributed by atoms with E-state index in [1.54, 1.807) is 0 Å². The van der Waals surface area contributed by atoms with Gasteiger partial charge in [-0.3, -0.25) is 35.1 Å². The maximum Gasteiger partial charge on any atom is 0.295 e. The van der Waals surface area contributed by atoms with Crippen LogP contribution in [0.2, 0.25) is 15.1 Å². The van der Waals surface area contributed by atoms with Gasteiger partial charge in [0.1, 0.15) is 46.0 Å². The third-order valence-corrected chi connectivity index (χ3v) is 12.7. The van der Waals surface area contributed by atoms with Crippen molar-refractivity contribution >= 4 is 142 Å². The van der Waals surface area contributed by atoms with Gasteiger partial charge in [0.25, 0.3) is 36.3 Å². The number of benzene rings is 3. The molecule has 0 radical (unpaired) electrons. The summed E-state index contributed by atoms with van der Waals surface area (Å²) in [6.07, 6.45) is -4.29. The molecular weight excluding hydrogens is 1130 g/mol. The minimum Gasteiger partial charge on any atom is -0.382 e. The van der Waals surface area contributed by atoms with Crippen LogP contribution < -0.4 is 14.2 Å². The van der Waals surface area contributed by atoms with Crippen LogP contribution in [0.15, 0.2) is 36.4 Å². The van der Waals surface area contributed by atoms with Gasteiger partial charge in [-0.15, -0.1) is 3.71 Å². The molecule has 0 amide bonds. The SMILES string of the molecule is CS(=O)(=O)N(c1nn(CC(F)F)c2c([N+](=O)[O-])ccc(Cl)c12)S(C)(=O)=O.CS(=O)(=O)Nc1nn(CC(F)F)c2c([N+](=O)[O-])ccc(Cl)c12.CS(C)(=O)=O.Nc1nn(CC(F)F)c2c([N+](=O)[O-])ccc(Cl)c12. The Morgan fingerprint density at radius 1 is 0.577 bits per heavy atom. The molecular formula is C32H33Cl3F6N12O14S4. The van der Waals surface area contributed by atoms with Gasteiger partial charge in [-0.2, -0.15) is 15.3 Å². The average molecular weight is 1160 g/mol. The fourth-order valence-corrected chi connectivity index (χ4v) is 10.0. The van der Waals surface area contributed by atoms with E-state index in [4.69, 9.17) is 40.5 Å². The van der Waals surface area contributed by atoms with Crippen LogP contribution in [0.1, 0.15) is 0 Å². The molecule has 0 aliphatic heterocycles. The van der Waals surface area contributed by atoms with Crippen molar-refractivity contribution in [1.82, 2.24) is 29.3 Å². The average Bonchev–Trinajstić information content (AvgIpc) is 3.80. The van der Waals surface area contributed by atoms with Crippen LogP contribution in [0.25, 0.3) is 32.7 Å². The molecule has 0 atom stereocenters. The summed E-state index contributed by atoms with van der Waals surface area (Å²) in [7, 11) is -15.4. The predicted octanol–water partition coefficient (Wildman–Crippen LogP) is 5.93. The molecule has 392 valence electrons. The first-order valence-electron chi connectivity index (χ1n) is 18.2. The second kappa shape index (κ2) is 22.6. The van der Waals surface area contributed by atoms with E-state index in [2.05, 4.69) is 15.3 Å². The molecule has 0 unspecified atom stereocenters. The fourth-order valence-electron chi connectivity index (χ4n) is 5.96. The number of halogens is 9. The van der Waals surface area contributed by atoms with Crippen LogP contribution in [-0.2, 0) is 59.5 Å². The van der Waals surface area contributed by atoms with E-state index in [0.29, 0.717) is 21.9 Å². The van der Waals surface area contributed by atoms with Crippen molar-refractivity contribution in [3.8, 4) is 0 Å². The predicted molar refractivity (Wildman–Crippen MR) is 248 cm³/mol. The van der Waals surface area contributed by atoms with Gasteiger partial charge < -0.3 is 5.73 Å². The number of nitro groups is 3. The van der Waals surface area contributed by atoms with E-state index in [0.717, 1.165) is 47.7 Å². The van der Waals surface area contributed by atoms with Gasteiger partial charge >= 0.3 is 0 Å². The van der Waals surface area contributed by atoms with Crippen LogP contribution in [0, 0.1) is 30.3 Å². The van der Waals surface area contributed by atoms with Crippen LogP contribution in [0.5, 0.6) is 0 Å². The molecule has 3 aromatic heterocycles. The first-order chi connectivity index (χ1) is 32.3. The first kappa shape index (κ1) is 59.2. The summed E-state index contributed by atoms with van der Waals surface area (Å²) in [6.45, 7) is -2.86. The number of nitrogen functional groups attached to an aromatic ring is 1. The molecule has 0 saturated heterocycles. The molecule has 71 heavy (non-hydrogen) atoms. The third-order valence-electron chi connectivity index (χ3n) is 8.05. The number of alkyl halides is 6. The minimum atomic E-state index is -4.48. The van der Waals surface area contributed by atoms with Crippen LogP contribution in [-0.4, -0.2) is 128 Å². The maximum absolute atomic E-state index is 12.8. The van der Waals surface area contributed by atoms with E-state index in [1.165, 1.54) is 12.1 Å². The number of sulfonamides is 3. The second-order valence-electron chi connectivity index (χ2n) is 14.2. The van der Waals surface area contributed by atoms with Crippen molar-refractivity contribution in [3.63, 3.8) is 0 Å². The molecule has 39 heteroatoms. The smallest absolute Gasteiger partial charge is 0.295 e. The molecule has 3 aromatic carbocycles. The highest BCUT2D eigenvalue weighted by atomic mass is 35.5. The number of hydrogen-bond acceptors (Lipinski definition) is 18. The van der Waals surface area contributed by atoms with Crippen molar-refractivity contribution in [2.24, 2.45) is 0 Å². The molecule has 0 fully saturated rings. The molecule has 3 N–H and O–H groups in total. The minimum absolute atomic E-state index is 0.0488. The highest BCUT2D eigenvalue weighted by Crippen LogP contribution is 2.41. The molecule has 3 heterocycles. The summed E-state index contributed by atoms with van der Waals surface area (Å²) in [5, 5.41) is 43.4. The Labute approximate surface area is 410 Å². The molecule has 0 bridgehead atoms. The quantitative estimate of drug-likeness (QED) is 0.0725. The highest BCUT2D eigenvalue weighted by Gasteiger charge is 2.36. The number of rotatable bonds is 14. The van der Waals surface area contributed by atoms with Gasteiger partial charge in [-0.25, -0.2) is 74.1 Å². The molecule has 0 spiro atoms. The Balaban J connectivity index is 0.000000272. The van der Waals surface area contributed by atoms with Crippen molar-refractivity contribution in [1.29, 1.82) is 0 Å². The number of anilines is 3. The van der Waals surface area contributed by atoms with Gasteiger partial charge in [-0.05, 0) is 18.2 Å². The van der Waals surface area contributed by atoms with E-state index < -0.39 is 122 Å². The monoisotopic (exact) mass is 1160 g/mol. The maximum atomic E-state index is 12.8. The van der Waals surface area contributed by atoms with Gasteiger partial charge in [0.15, 0.2) is 17.5 Å². The number of sulfone groups is 1. The Kier molecular flexibility index (Phi) is 18.8. The standard InChI is InChI=1S/C11H11ClF2N4O6S2.C10H9ClF2N4O4S.C9H7ClF2N4O2.C2H6O2S/c1-25(21,22)18(26(2,23)24)11-9-6(12)3-4-7(17(19)20)10(9)16(15-11)5-8(13)14;1-22(20,21)15-10-8-5(11)2-3-6(17(18)19)9(8)16(14-10)4-7(12)13;10-4-1-2-5(16(17)18)8-7(4)9(13)14-15(8)3-6(11)12;1-5(2,3)4/h3-4,8H,5H2,1-2H3;2-3,7H,4H2,1H3,(H,14,15);1-2,6H,3H2,(H2,13,14);1-2H3. The van der Waals surface area contributed by atoms with Crippen LogP contribution >= 0.6 is 34.8 Å². The topological polar surface area (TPSA) is 361 Å². The number of non-ortho nitro benzene ring substituents is 3. The van der Waals surface area contributed by atoms with Crippen molar-refractivity contribution in [2.75, 3.05) is 45.4 Å². The third kappa shape index (κ3) is 15.5. The van der Waals surface area contributed by atoms with E-state index in [9.17, 15) is 90.4 Å². The normalized spacial score (nSPS) is 12.1. The summed E-state index contributed by atoms with van der Waals surface area (Å²) in [4.78, 5) is 30.8. The summed E-state index contributed by atoms with van der Waals surface area (Å²) >= 11 is 17.7. The molecule has 0 saturated carbocycles. The van der Waals surface area contributed by atoms with Crippen molar-refractivity contribution in [2.45, 2.75) is 38.9 Å². The Hall–Kier alpha value is -6.08. The summed E-state index contributed by atoms with van der Waals surface area (Å²) in [5.41, 5.74) is 3.10. The summed E-state index contributed by atoms with van der Waals surface area (Å²) < 4.78 is 169. The van der Waals surface area contributed by atoms with E-state index >= 15 is 0 Å². The number of nitro benzene ring substituents is 3. The van der Waals surface area contributed by atoms with Crippen LogP contribution in [0.4, 0.5) is 60.9 Å². The van der Waals surface area contributed by atoms with E-state index in [1.807, 2.05) is 4.72 Å². The largest absolute Gasteiger partial charge is 0.382 e. The molecule has 0 aliphatic carbocycles. The van der Waals surface area contributed by atoms with Gasteiger partial charge in [0, 0.05) is 30.7 Å². The van der Waals surface area contributed by atoms with Crippen LogP contribution in [0.3, 0.4) is 0 Å². The summed E-state index contributed by atoms with van der Waals surface area (Å²) in [6, 6.07) is 6.56. The number of nitrogens with one attached hydrogen (secondary N) is 1. The fraction of sp³-hybridized carbons (Fsp3) is 0.344. The number of fused-ring (bicyclic) bond motifs is 3. The zero-order chi connectivity index (χ0) is 54.6. The van der Waals surface area contributed by atoms with Gasteiger partial charge in [0.2, 0.25) is 30.1 Å². The Morgan fingerprint density at radius 2 is 0.887 bits per heavy atom. The highest BCUT2D eigenvalue weighted by molar-refractivity contribution is 8.09. The lowest BCUT2D eigenvalue weighted by molar-refractivity contribution is -0.383. The number of hydrogen-bond donors (Lipinski definition) is 2. The number of nitrogens with zero attached hydrogens (tertiary/aromatic N) is 10. The van der Waals surface area contributed by atoms with Gasteiger partial charge in [0.05, 0.1) is 64.8 Å². The zero-order valence-corrected chi connectivity index (χ0v) is 41.7. The molecule has 26 nitrogen and oxygen atoms in total.